The highest BCUT2D eigenvalue weighted by atomic mass is 35.5. The summed E-state index contributed by atoms with van der Waals surface area (Å²) in [6, 6.07) is 12.7. The minimum absolute atomic E-state index is 0.205. The summed E-state index contributed by atoms with van der Waals surface area (Å²) in [5.41, 5.74) is 1.74. The van der Waals surface area contributed by atoms with Gasteiger partial charge in [-0.3, -0.25) is 4.79 Å². The van der Waals surface area contributed by atoms with E-state index in [2.05, 4.69) is 15.3 Å². The Balaban J connectivity index is 1.79. The summed E-state index contributed by atoms with van der Waals surface area (Å²) in [6.07, 6.45) is 2.94. The Bertz CT molecular complexity index is 965. The molecule has 0 saturated heterocycles. The number of methoxy groups -OCH3 is 2. The predicted molar refractivity (Wildman–Crippen MR) is 109 cm³/mol. The quantitative estimate of drug-likeness (QED) is 0.671. The highest BCUT2D eigenvalue weighted by molar-refractivity contribution is 6.32. The molecule has 0 aliphatic rings. The molecule has 0 spiro atoms. The minimum atomic E-state index is -0.205. The lowest BCUT2D eigenvalue weighted by Gasteiger charge is -2.17. The van der Waals surface area contributed by atoms with Crippen LogP contribution in [0.3, 0.4) is 0 Å². The molecule has 0 fully saturated rings. The lowest BCUT2D eigenvalue weighted by atomic mass is 10.2. The van der Waals surface area contributed by atoms with Gasteiger partial charge in [0.1, 0.15) is 11.5 Å². The Kier molecular flexibility index (Phi) is 5.96. The van der Waals surface area contributed by atoms with Gasteiger partial charge in [-0.1, -0.05) is 29.8 Å². The third kappa shape index (κ3) is 4.15. The second-order valence-electron chi connectivity index (χ2n) is 5.81. The maximum atomic E-state index is 12.6. The number of hydrogen-bond donors (Lipinski definition) is 1. The lowest BCUT2D eigenvalue weighted by molar-refractivity contribution is 0.0992. The summed E-state index contributed by atoms with van der Waals surface area (Å²) in [7, 11) is 4.76. The molecule has 7 nitrogen and oxygen atoms in total. The van der Waals surface area contributed by atoms with Crippen molar-refractivity contribution in [2.24, 2.45) is 0 Å². The van der Waals surface area contributed by atoms with E-state index in [-0.39, 0.29) is 5.91 Å². The number of aromatic nitrogens is 2. The second kappa shape index (κ2) is 8.58. The van der Waals surface area contributed by atoms with Crippen molar-refractivity contribution in [3.63, 3.8) is 0 Å². The number of hydrogen-bond acceptors (Lipinski definition) is 6. The van der Waals surface area contributed by atoms with Crippen LogP contribution in [0.25, 0.3) is 0 Å². The number of carbonyl (C=O) groups is 1. The molecular formula is C20H19ClN4O3. The number of anilines is 3. The van der Waals surface area contributed by atoms with Crippen molar-refractivity contribution in [1.29, 1.82) is 0 Å². The first-order chi connectivity index (χ1) is 13.5. The molecular weight excluding hydrogens is 380 g/mol. The molecule has 0 aliphatic carbocycles. The third-order valence-electron chi connectivity index (χ3n) is 4.07. The number of amides is 1. The summed E-state index contributed by atoms with van der Waals surface area (Å²) in [5, 5.41) is 3.47. The molecule has 2 aromatic carbocycles. The van der Waals surface area contributed by atoms with Crippen molar-refractivity contribution < 1.29 is 14.3 Å². The van der Waals surface area contributed by atoms with Gasteiger partial charge in [0, 0.05) is 37.3 Å². The fourth-order valence-electron chi connectivity index (χ4n) is 2.54. The lowest BCUT2D eigenvalue weighted by Crippen LogP contribution is -2.26. The van der Waals surface area contributed by atoms with Gasteiger partial charge in [0.05, 0.1) is 30.5 Å². The standard InChI is InChI=1S/C20H19ClN4O3/c1-25(14-7-5-4-6-8-14)19(26)13-11-22-20(23-12-13)24-16-10-17(27-2)15(21)9-18(16)28-3/h4-12H,1-3H3,(H,22,23,24). The molecule has 0 radical (unpaired) electrons. The van der Waals surface area contributed by atoms with Crippen LogP contribution in [0.1, 0.15) is 10.4 Å². The van der Waals surface area contributed by atoms with Gasteiger partial charge in [-0.15, -0.1) is 0 Å². The monoisotopic (exact) mass is 398 g/mol. The van der Waals surface area contributed by atoms with E-state index < -0.39 is 0 Å². The maximum absolute atomic E-state index is 12.6. The number of nitrogens with one attached hydrogen (secondary N) is 1. The Morgan fingerprint density at radius 1 is 1.04 bits per heavy atom. The van der Waals surface area contributed by atoms with Gasteiger partial charge in [0.15, 0.2) is 0 Å². The summed E-state index contributed by atoms with van der Waals surface area (Å²) in [4.78, 5) is 22.6. The molecule has 1 heterocycles. The van der Waals surface area contributed by atoms with Gasteiger partial charge in [-0.25, -0.2) is 9.97 Å². The van der Waals surface area contributed by atoms with Crippen molar-refractivity contribution in [1.82, 2.24) is 9.97 Å². The van der Waals surface area contributed by atoms with E-state index in [1.807, 2.05) is 30.3 Å². The van der Waals surface area contributed by atoms with Crippen LogP contribution in [0.15, 0.2) is 54.9 Å². The number of carbonyl (C=O) groups excluding carboxylic acids is 1. The topological polar surface area (TPSA) is 76.6 Å². The molecule has 1 N–H and O–H groups in total. The summed E-state index contributed by atoms with van der Waals surface area (Å²) in [5.74, 6) is 1.10. The zero-order valence-electron chi connectivity index (χ0n) is 15.6. The molecule has 8 heteroatoms. The fraction of sp³-hybridized carbons (Fsp3) is 0.150. The van der Waals surface area contributed by atoms with E-state index in [0.29, 0.717) is 33.7 Å². The maximum Gasteiger partial charge on any atom is 0.261 e. The van der Waals surface area contributed by atoms with Gasteiger partial charge in [-0.2, -0.15) is 0 Å². The average Bonchev–Trinajstić information content (AvgIpc) is 2.74. The van der Waals surface area contributed by atoms with Crippen LogP contribution in [-0.4, -0.2) is 37.1 Å². The van der Waals surface area contributed by atoms with Crippen molar-refractivity contribution in [2.75, 3.05) is 31.5 Å². The summed E-state index contributed by atoms with van der Waals surface area (Å²) >= 11 is 6.11. The van der Waals surface area contributed by atoms with E-state index in [1.165, 1.54) is 26.6 Å². The Hall–Kier alpha value is -3.32. The number of halogens is 1. The van der Waals surface area contributed by atoms with Crippen LogP contribution in [-0.2, 0) is 0 Å². The van der Waals surface area contributed by atoms with Crippen molar-refractivity contribution in [3.05, 3.63) is 65.4 Å². The van der Waals surface area contributed by atoms with Crippen molar-refractivity contribution in [3.8, 4) is 11.5 Å². The first-order valence-electron chi connectivity index (χ1n) is 8.37. The van der Waals surface area contributed by atoms with E-state index in [9.17, 15) is 4.79 Å². The fourth-order valence-corrected chi connectivity index (χ4v) is 2.77. The van der Waals surface area contributed by atoms with E-state index in [4.69, 9.17) is 21.1 Å². The predicted octanol–water partition coefficient (Wildman–Crippen LogP) is 4.17. The van der Waals surface area contributed by atoms with Crippen LogP contribution in [0.4, 0.5) is 17.3 Å². The van der Waals surface area contributed by atoms with Gasteiger partial charge in [-0.05, 0) is 12.1 Å². The van der Waals surface area contributed by atoms with Crippen molar-refractivity contribution >= 4 is 34.8 Å². The number of rotatable bonds is 6. The molecule has 144 valence electrons. The Morgan fingerprint density at radius 2 is 1.68 bits per heavy atom. The molecule has 0 saturated carbocycles. The van der Waals surface area contributed by atoms with Gasteiger partial charge >= 0.3 is 0 Å². The zero-order chi connectivity index (χ0) is 20.1. The van der Waals surface area contributed by atoms with Crippen molar-refractivity contribution in [2.45, 2.75) is 0 Å². The van der Waals surface area contributed by atoms with Crippen LogP contribution < -0.4 is 19.7 Å². The molecule has 0 bridgehead atoms. The highest BCUT2D eigenvalue weighted by Gasteiger charge is 2.15. The van der Waals surface area contributed by atoms with Gasteiger partial charge < -0.3 is 19.7 Å². The molecule has 0 aliphatic heterocycles. The second-order valence-corrected chi connectivity index (χ2v) is 6.21. The van der Waals surface area contributed by atoms with Crippen LogP contribution in [0.5, 0.6) is 11.5 Å². The third-order valence-corrected chi connectivity index (χ3v) is 4.36. The van der Waals surface area contributed by atoms with Crippen LogP contribution >= 0.6 is 11.6 Å². The molecule has 1 aromatic heterocycles. The number of nitrogens with zero attached hydrogens (tertiary/aromatic N) is 3. The smallest absolute Gasteiger partial charge is 0.261 e. The summed E-state index contributed by atoms with van der Waals surface area (Å²) < 4.78 is 10.5. The SMILES string of the molecule is COc1cc(Nc2ncc(C(=O)N(C)c3ccccc3)cn2)c(OC)cc1Cl. The average molecular weight is 399 g/mol. The number of ether oxygens (including phenoxy) is 2. The molecule has 0 unspecified atom stereocenters. The van der Waals surface area contributed by atoms with Crippen LogP contribution in [0, 0.1) is 0 Å². The van der Waals surface area contributed by atoms with E-state index in [0.717, 1.165) is 5.69 Å². The van der Waals surface area contributed by atoms with E-state index in [1.54, 1.807) is 24.1 Å². The summed E-state index contributed by atoms with van der Waals surface area (Å²) in [6.45, 7) is 0. The Labute approximate surface area is 167 Å². The Morgan fingerprint density at radius 3 is 2.29 bits per heavy atom. The normalized spacial score (nSPS) is 10.3. The number of para-hydroxylation sites is 1. The molecule has 0 atom stereocenters. The first kappa shape index (κ1) is 19.4. The highest BCUT2D eigenvalue weighted by Crippen LogP contribution is 2.36. The number of benzene rings is 2. The van der Waals surface area contributed by atoms with Crippen LogP contribution in [0.2, 0.25) is 5.02 Å². The largest absolute Gasteiger partial charge is 0.495 e. The molecule has 3 rings (SSSR count). The van der Waals surface area contributed by atoms with Gasteiger partial charge in [0.2, 0.25) is 5.95 Å². The molecule has 3 aromatic rings. The molecule has 28 heavy (non-hydrogen) atoms. The minimum Gasteiger partial charge on any atom is -0.495 e. The van der Waals surface area contributed by atoms with Gasteiger partial charge in [0.25, 0.3) is 5.91 Å². The van der Waals surface area contributed by atoms with E-state index >= 15 is 0 Å². The zero-order valence-corrected chi connectivity index (χ0v) is 16.4. The molecule has 1 amide bonds. The first-order valence-corrected chi connectivity index (χ1v) is 8.75.